The normalized spacial score (nSPS) is 14.7. The Kier molecular flexibility index (Phi) is 10.7. The first-order chi connectivity index (χ1) is 7.31. The molecule has 2 nitrogen and oxygen atoms in total. The highest BCUT2D eigenvalue weighted by molar-refractivity contribution is 5.81. The van der Waals surface area contributed by atoms with Gasteiger partial charge in [-0.1, -0.05) is 58.4 Å². The van der Waals surface area contributed by atoms with Crippen molar-refractivity contribution in [3.8, 4) is 0 Å². The van der Waals surface area contributed by atoms with E-state index in [0.717, 1.165) is 12.8 Å². The SMILES string of the molecule is C1CCCCC1.C=CC(=O)OCCCC. The van der Waals surface area contributed by atoms with E-state index in [9.17, 15) is 4.79 Å². The average Bonchev–Trinajstić information content (AvgIpc) is 2.32. The number of carbonyl (C=O) groups is 1. The summed E-state index contributed by atoms with van der Waals surface area (Å²) in [4.78, 5) is 10.3. The molecule has 0 aromatic heterocycles. The molecule has 1 aliphatic carbocycles. The number of unbranched alkanes of at least 4 members (excludes halogenated alkanes) is 1. The van der Waals surface area contributed by atoms with Crippen LogP contribution in [0.15, 0.2) is 12.7 Å². The van der Waals surface area contributed by atoms with Crippen LogP contribution in [0.2, 0.25) is 0 Å². The van der Waals surface area contributed by atoms with Crippen molar-refractivity contribution >= 4 is 5.97 Å². The summed E-state index contributed by atoms with van der Waals surface area (Å²) in [5.41, 5.74) is 0. The maximum absolute atomic E-state index is 10.3. The van der Waals surface area contributed by atoms with E-state index in [1.807, 2.05) is 6.92 Å². The molecule has 1 fully saturated rings. The molecular formula is C13H24O2. The minimum Gasteiger partial charge on any atom is -0.463 e. The minimum absolute atomic E-state index is 0.330. The van der Waals surface area contributed by atoms with Gasteiger partial charge in [-0.3, -0.25) is 0 Å². The Balaban J connectivity index is 0.000000280. The quantitative estimate of drug-likeness (QED) is 0.402. The fourth-order valence-electron chi connectivity index (χ4n) is 1.44. The molecule has 0 N–H and O–H groups in total. The van der Waals surface area contributed by atoms with E-state index in [1.54, 1.807) is 0 Å². The standard InChI is InChI=1S/C7H12O2.C6H12/c1-3-5-6-9-7(8)4-2;1-2-4-6-5-3-1/h4H,2-3,5-6H2,1H3;1-6H2. The molecule has 0 spiro atoms. The Bertz CT molecular complexity index is 148. The van der Waals surface area contributed by atoms with Gasteiger partial charge in [-0.05, 0) is 6.42 Å². The van der Waals surface area contributed by atoms with Gasteiger partial charge in [0.1, 0.15) is 0 Å². The van der Waals surface area contributed by atoms with Gasteiger partial charge in [-0.15, -0.1) is 0 Å². The highest BCUT2D eigenvalue weighted by Gasteiger charge is 1.95. The maximum Gasteiger partial charge on any atom is 0.330 e. The van der Waals surface area contributed by atoms with Gasteiger partial charge >= 0.3 is 5.97 Å². The average molecular weight is 212 g/mol. The second-order valence-electron chi connectivity index (χ2n) is 3.85. The number of esters is 1. The van der Waals surface area contributed by atoms with Crippen LogP contribution in [0.4, 0.5) is 0 Å². The van der Waals surface area contributed by atoms with Crippen molar-refractivity contribution in [3.63, 3.8) is 0 Å². The lowest BCUT2D eigenvalue weighted by atomic mass is 10.0. The second kappa shape index (κ2) is 11.3. The molecule has 0 atom stereocenters. The van der Waals surface area contributed by atoms with Crippen molar-refractivity contribution in [2.75, 3.05) is 6.61 Å². The van der Waals surface area contributed by atoms with Crippen LogP contribution in [0.3, 0.4) is 0 Å². The predicted molar refractivity (Wildman–Crippen MR) is 63.8 cm³/mol. The molecule has 0 aromatic rings. The maximum atomic E-state index is 10.3. The zero-order chi connectivity index (χ0) is 11.4. The molecule has 0 saturated heterocycles. The molecule has 1 rings (SSSR count). The number of rotatable bonds is 4. The van der Waals surface area contributed by atoms with E-state index >= 15 is 0 Å². The zero-order valence-electron chi connectivity index (χ0n) is 9.96. The second-order valence-corrected chi connectivity index (χ2v) is 3.85. The van der Waals surface area contributed by atoms with Crippen molar-refractivity contribution < 1.29 is 9.53 Å². The smallest absolute Gasteiger partial charge is 0.330 e. The van der Waals surface area contributed by atoms with Crippen molar-refractivity contribution in [1.29, 1.82) is 0 Å². The molecule has 0 amide bonds. The first-order valence-electron chi connectivity index (χ1n) is 6.10. The largest absolute Gasteiger partial charge is 0.463 e. The Hall–Kier alpha value is -0.790. The lowest BCUT2D eigenvalue weighted by Crippen LogP contribution is -2.00. The van der Waals surface area contributed by atoms with E-state index in [-0.39, 0.29) is 5.97 Å². The Labute approximate surface area is 93.7 Å². The molecule has 0 heterocycles. The van der Waals surface area contributed by atoms with E-state index in [0.29, 0.717) is 6.61 Å². The van der Waals surface area contributed by atoms with Crippen molar-refractivity contribution in [1.82, 2.24) is 0 Å². The summed E-state index contributed by atoms with van der Waals surface area (Å²) in [5.74, 6) is -0.330. The van der Waals surface area contributed by atoms with Gasteiger partial charge in [-0.25, -0.2) is 4.79 Å². The Morgan fingerprint density at radius 3 is 2.00 bits per heavy atom. The van der Waals surface area contributed by atoms with Gasteiger partial charge in [0.2, 0.25) is 0 Å². The van der Waals surface area contributed by atoms with Crippen LogP contribution in [0.25, 0.3) is 0 Å². The molecule has 1 saturated carbocycles. The molecule has 1 aliphatic rings. The summed E-state index contributed by atoms with van der Waals surface area (Å²) in [6.45, 7) is 5.82. The molecule has 0 aromatic carbocycles. The van der Waals surface area contributed by atoms with Crippen LogP contribution >= 0.6 is 0 Å². The molecule has 2 heteroatoms. The topological polar surface area (TPSA) is 26.3 Å². The van der Waals surface area contributed by atoms with Crippen molar-refractivity contribution in [3.05, 3.63) is 12.7 Å². The first kappa shape index (κ1) is 14.2. The van der Waals surface area contributed by atoms with Gasteiger partial charge in [0.15, 0.2) is 0 Å². The third-order valence-corrected chi connectivity index (χ3v) is 2.41. The summed E-state index contributed by atoms with van der Waals surface area (Å²) >= 11 is 0. The van der Waals surface area contributed by atoms with Gasteiger partial charge in [0, 0.05) is 6.08 Å². The van der Waals surface area contributed by atoms with Crippen LogP contribution in [-0.2, 0) is 9.53 Å². The lowest BCUT2D eigenvalue weighted by Gasteiger charge is -2.05. The monoisotopic (exact) mass is 212 g/mol. The van der Waals surface area contributed by atoms with E-state index in [1.165, 1.54) is 44.6 Å². The predicted octanol–water partition coefficient (Wildman–Crippen LogP) is 3.86. The molecule has 0 radical (unpaired) electrons. The van der Waals surface area contributed by atoms with Gasteiger partial charge in [-0.2, -0.15) is 0 Å². The van der Waals surface area contributed by atoms with Crippen LogP contribution < -0.4 is 0 Å². The van der Waals surface area contributed by atoms with Crippen LogP contribution in [0, 0.1) is 0 Å². The fourth-order valence-corrected chi connectivity index (χ4v) is 1.44. The van der Waals surface area contributed by atoms with Gasteiger partial charge in [0.25, 0.3) is 0 Å². The van der Waals surface area contributed by atoms with E-state index in [2.05, 4.69) is 11.3 Å². The van der Waals surface area contributed by atoms with Crippen LogP contribution in [0.1, 0.15) is 58.3 Å². The zero-order valence-corrected chi connectivity index (χ0v) is 9.96. The molecule has 0 aliphatic heterocycles. The first-order valence-corrected chi connectivity index (χ1v) is 6.10. The number of hydrogen-bond donors (Lipinski definition) is 0. The van der Waals surface area contributed by atoms with E-state index in [4.69, 9.17) is 0 Å². The molecular weight excluding hydrogens is 188 g/mol. The fraction of sp³-hybridized carbons (Fsp3) is 0.769. The highest BCUT2D eigenvalue weighted by atomic mass is 16.5. The molecule has 88 valence electrons. The lowest BCUT2D eigenvalue weighted by molar-refractivity contribution is -0.137. The summed E-state index contributed by atoms with van der Waals surface area (Å²) in [6.07, 6.45) is 12.2. The Morgan fingerprint density at radius 2 is 1.67 bits per heavy atom. The van der Waals surface area contributed by atoms with Crippen molar-refractivity contribution in [2.24, 2.45) is 0 Å². The molecule has 0 unspecified atom stereocenters. The highest BCUT2D eigenvalue weighted by Crippen LogP contribution is 2.15. The summed E-state index contributed by atoms with van der Waals surface area (Å²) in [7, 11) is 0. The summed E-state index contributed by atoms with van der Waals surface area (Å²) in [6, 6.07) is 0. The van der Waals surface area contributed by atoms with Crippen molar-refractivity contribution in [2.45, 2.75) is 58.3 Å². The molecule has 0 bridgehead atoms. The number of carbonyl (C=O) groups excluding carboxylic acids is 1. The minimum atomic E-state index is -0.330. The third kappa shape index (κ3) is 11.1. The number of ether oxygens (including phenoxy) is 1. The van der Waals surface area contributed by atoms with Gasteiger partial charge in [0.05, 0.1) is 6.61 Å². The summed E-state index contributed by atoms with van der Waals surface area (Å²) in [5, 5.41) is 0. The van der Waals surface area contributed by atoms with Crippen LogP contribution in [-0.4, -0.2) is 12.6 Å². The van der Waals surface area contributed by atoms with E-state index < -0.39 is 0 Å². The summed E-state index contributed by atoms with van der Waals surface area (Å²) < 4.78 is 4.67. The molecule has 15 heavy (non-hydrogen) atoms. The van der Waals surface area contributed by atoms with Crippen LogP contribution in [0.5, 0.6) is 0 Å². The number of hydrogen-bond acceptors (Lipinski definition) is 2. The third-order valence-electron chi connectivity index (χ3n) is 2.41. The Morgan fingerprint density at radius 1 is 1.20 bits per heavy atom. The van der Waals surface area contributed by atoms with Gasteiger partial charge < -0.3 is 4.74 Å².